The summed E-state index contributed by atoms with van der Waals surface area (Å²) in [7, 11) is 1.47. The van der Waals surface area contributed by atoms with Crippen LogP contribution in [0.4, 0.5) is 10.1 Å². The van der Waals surface area contributed by atoms with Crippen LogP contribution in [0.2, 0.25) is 0 Å². The third kappa shape index (κ3) is 5.70. The maximum atomic E-state index is 12.8. The number of anilines is 1. The van der Waals surface area contributed by atoms with E-state index < -0.39 is 17.6 Å². The van der Waals surface area contributed by atoms with Crippen molar-refractivity contribution in [2.24, 2.45) is 0 Å². The molecule has 2 aromatic rings. The Kier molecular flexibility index (Phi) is 6.43. The van der Waals surface area contributed by atoms with Gasteiger partial charge in [0.25, 0.3) is 5.91 Å². The Morgan fingerprint density at radius 3 is 2.23 bits per heavy atom. The normalized spacial score (nSPS) is 10.1. The molecule has 0 aromatic heterocycles. The molecule has 0 radical (unpaired) electrons. The molecule has 0 saturated carbocycles. The average molecular weight is 357 g/mol. The molecule has 0 aliphatic rings. The van der Waals surface area contributed by atoms with Gasteiger partial charge in [0, 0.05) is 18.3 Å². The highest BCUT2D eigenvalue weighted by atomic mass is 19.1. The molecular weight excluding hydrogens is 337 g/mol. The van der Waals surface area contributed by atoms with Crippen molar-refractivity contribution in [1.29, 1.82) is 0 Å². The van der Waals surface area contributed by atoms with Crippen LogP contribution in [-0.4, -0.2) is 42.8 Å². The van der Waals surface area contributed by atoms with E-state index in [1.54, 1.807) is 12.1 Å². The van der Waals surface area contributed by atoms with Gasteiger partial charge in [-0.25, -0.2) is 4.39 Å². The topological polar surface area (TPSA) is 78.5 Å². The van der Waals surface area contributed by atoms with Gasteiger partial charge >= 0.3 is 0 Å². The highest BCUT2D eigenvalue weighted by Gasteiger charge is 2.14. The van der Waals surface area contributed by atoms with E-state index in [1.165, 1.54) is 24.1 Å². The predicted molar refractivity (Wildman–Crippen MR) is 96.2 cm³/mol. The standard InChI is InChI=1S/C19H20FN3O3/c1-13-3-9-16(10-4-13)22-17(24)12-23(2)18(25)11-21-19(26)14-5-7-15(20)8-6-14/h3-10H,11-12H2,1-2H3,(H,21,26)(H,22,24). The Morgan fingerprint density at radius 2 is 1.62 bits per heavy atom. The summed E-state index contributed by atoms with van der Waals surface area (Å²) in [6.07, 6.45) is 0. The van der Waals surface area contributed by atoms with E-state index in [0.29, 0.717) is 5.69 Å². The molecule has 0 aliphatic carbocycles. The summed E-state index contributed by atoms with van der Waals surface area (Å²) in [6.45, 7) is 1.54. The van der Waals surface area contributed by atoms with Gasteiger partial charge in [-0.05, 0) is 43.3 Å². The molecule has 0 aliphatic heterocycles. The summed E-state index contributed by atoms with van der Waals surface area (Å²) >= 11 is 0. The molecular formula is C19H20FN3O3. The van der Waals surface area contributed by atoms with Crippen molar-refractivity contribution in [1.82, 2.24) is 10.2 Å². The van der Waals surface area contributed by atoms with Gasteiger partial charge in [-0.2, -0.15) is 0 Å². The Bertz CT molecular complexity index is 789. The first-order valence-electron chi connectivity index (χ1n) is 7.99. The number of halogens is 1. The van der Waals surface area contributed by atoms with Gasteiger partial charge in [0.15, 0.2) is 0 Å². The molecule has 0 unspecified atom stereocenters. The molecule has 7 heteroatoms. The number of nitrogens with one attached hydrogen (secondary N) is 2. The van der Waals surface area contributed by atoms with E-state index in [1.807, 2.05) is 19.1 Å². The summed E-state index contributed by atoms with van der Waals surface area (Å²) in [5.74, 6) is -1.69. The minimum absolute atomic E-state index is 0.140. The molecule has 2 aromatic carbocycles. The number of amides is 3. The Balaban J connectivity index is 1.79. The van der Waals surface area contributed by atoms with Gasteiger partial charge in [0.05, 0.1) is 13.1 Å². The van der Waals surface area contributed by atoms with E-state index in [9.17, 15) is 18.8 Å². The Labute approximate surface area is 151 Å². The Morgan fingerprint density at radius 1 is 1.00 bits per heavy atom. The molecule has 26 heavy (non-hydrogen) atoms. The lowest BCUT2D eigenvalue weighted by Crippen LogP contribution is -2.41. The second kappa shape index (κ2) is 8.75. The van der Waals surface area contributed by atoms with Gasteiger partial charge < -0.3 is 15.5 Å². The van der Waals surface area contributed by atoms with Crippen molar-refractivity contribution in [3.05, 3.63) is 65.5 Å². The molecule has 2 rings (SSSR count). The number of hydrogen-bond acceptors (Lipinski definition) is 3. The third-order valence-electron chi connectivity index (χ3n) is 3.65. The summed E-state index contributed by atoms with van der Waals surface area (Å²) in [6, 6.07) is 12.3. The van der Waals surface area contributed by atoms with E-state index in [0.717, 1.165) is 17.7 Å². The van der Waals surface area contributed by atoms with Gasteiger partial charge in [-0.1, -0.05) is 17.7 Å². The molecule has 2 N–H and O–H groups in total. The molecule has 0 spiro atoms. The molecule has 3 amide bonds. The fourth-order valence-corrected chi connectivity index (χ4v) is 2.14. The fraction of sp³-hybridized carbons (Fsp3) is 0.211. The molecule has 6 nitrogen and oxygen atoms in total. The van der Waals surface area contributed by atoms with E-state index in [2.05, 4.69) is 10.6 Å². The smallest absolute Gasteiger partial charge is 0.251 e. The minimum Gasteiger partial charge on any atom is -0.343 e. The molecule has 0 heterocycles. The maximum Gasteiger partial charge on any atom is 0.251 e. The summed E-state index contributed by atoms with van der Waals surface area (Å²) in [4.78, 5) is 37.1. The number of carbonyl (C=O) groups is 3. The molecule has 0 bridgehead atoms. The predicted octanol–water partition coefficient (Wildman–Crippen LogP) is 1.96. The summed E-state index contributed by atoms with van der Waals surface area (Å²) in [5.41, 5.74) is 1.97. The number of benzene rings is 2. The van der Waals surface area contributed by atoms with Crippen LogP contribution in [0.15, 0.2) is 48.5 Å². The first-order chi connectivity index (χ1) is 12.3. The molecule has 136 valence electrons. The lowest BCUT2D eigenvalue weighted by atomic mass is 10.2. The van der Waals surface area contributed by atoms with Crippen molar-refractivity contribution in [3.63, 3.8) is 0 Å². The second-order valence-electron chi connectivity index (χ2n) is 5.85. The van der Waals surface area contributed by atoms with Crippen molar-refractivity contribution in [2.75, 3.05) is 25.5 Å². The maximum absolute atomic E-state index is 12.8. The largest absolute Gasteiger partial charge is 0.343 e. The van der Waals surface area contributed by atoms with Crippen LogP contribution in [0.3, 0.4) is 0 Å². The van der Waals surface area contributed by atoms with Crippen LogP contribution >= 0.6 is 0 Å². The van der Waals surface area contributed by atoms with Crippen LogP contribution in [0, 0.1) is 12.7 Å². The molecule has 0 fully saturated rings. The zero-order valence-electron chi connectivity index (χ0n) is 14.6. The number of rotatable bonds is 6. The van der Waals surface area contributed by atoms with Crippen molar-refractivity contribution in [2.45, 2.75) is 6.92 Å². The number of likely N-dealkylation sites (N-methyl/N-ethyl adjacent to an activating group) is 1. The zero-order chi connectivity index (χ0) is 19.1. The average Bonchev–Trinajstić information content (AvgIpc) is 2.61. The van der Waals surface area contributed by atoms with E-state index in [-0.39, 0.29) is 24.6 Å². The molecule has 0 atom stereocenters. The number of carbonyl (C=O) groups excluding carboxylic acids is 3. The van der Waals surface area contributed by atoms with Gasteiger partial charge in [-0.3, -0.25) is 14.4 Å². The first-order valence-corrected chi connectivity index (χ1v) is 7.99. The van der Waals surface area contributed by atoms with Crippen LogP contribution in [0.5, 0.6) is 0 Å². The first kappa shape index (κ1) is 19.1. The van der Waals surface area contributed by atoms with E-state index in [4.69, 9.17) is 0 Å². The quantitative estimate of drug-likeness (QED) is 0.830. The zero-order valence-corrected chi connectivity index (χ0v) is 14.6. The molecule has 0 saturated heterocycles. The number of nitrogens with zero attached hydrogens (tertiary/aromatic N) is 1. The van der Waals surface area contributed by atoms with Gasteiger partial charge in [0.1, 0.15) is 5.82 Å². The fourth-order valence-electron chi connectivity index (χ4n) is 2.14. The highest BCUT2D eigenvalue weighted by Crippen LogP contribution is 2.08. The van der Waals surface area contributed by atoms with Crippen LogP contribution < -0.4 is 10.6 Å². The SMILES string of the molecule is Cc1ccc(NC(=O)CN(C)C(=O)CNC(=O)c2ccc(F)cc2)cc1. The third-order valence-corrected chi connectivity index (χ3v) is 3.65. The minimum atomic E-state index is -0.490. The number of aryl methyl sites for hydroxylation is 1. The summed E-state index contributed by atoms with van der Waals surface area (Å²) in [5, 5.41) is 5.14. The van der Waals surface area contributed by atoms with Crippen molar-refractivity contribution in [3.8, 4) is 0 Å². The van der Waals surface area contributed by atoms with Crippen LogP contribution in [-0.2, 0) is 9.59 Å². The lowest BCUT2D eigenvalue weighted by Gasteiger charge is -2.17. The monoisotopic (exact) mass is 357 g/mol. The van der Waals surface area contributed by atoms with Gasteiger partial charge in [0.2, 0.25) is 11.8 Å². The van der Waals surface area contributed by atoms with Crippen molar-refractivity contribution >= 4 is 23.4 Å². The highest BCUT2D eigenvalue weighted by molar-refractivity contribution is 5.98. The van der Waals surface area contributed by atoms with Crippen LogP contribution in [0.1, 0.15) is 15.9 Å². The lowest BCUT2D eigenvalue weighted by molar-refractivity contribution is -0.132. The van der Waals surface area contributed by atoms with Gasteiger partial charge in [-0.15, -0.1) is 0 Å². The van der Waals surface area contributed by atoms with E-state index >= 15 is 0 Å². The Hall–Kier alpha value is -3.22. The van der Waals surface area contributed by atoms with Crippen molar-refractivity contribution < 1.29 is 18.8 Å². The van der Waals surface area contributed by atoms with Crippen LogP contribution in [0.25, 0.3) is 0 Å². The number of hydrogen-bond donors (Lipinski definition) is 2. The second-order valence-corrected chi connectivity index (χ2v) is 5.85. The summed E-state index contributed by atoms with van der Waals surface area (Å²) < 4.78 is 12.8.